The highest BCUT2D eigenvalue weighted by atomic mass is 35.5. The number of alkyl carbamates (subject to hydrolysis) is 1. The highest BCUT2D eigenvalue weighted by molar-refractivity contribution is 6.40. The fourth-order valence-corrected chi connectivity index (χ4v) is 4.20. The van der Waals surface area contributed by atoms with Gasteiger partial charge in [0.25, 0.3) is 0 Å². The standard InChI is InChI=1S/C22H28Cl2FN5O2/c1-22(2,3)32-21(31)28-15-10-14(26-4)11-30(12-15)18-16(23)19(25)29-20(17(18)24)27-13-8-6-5-7-9-13/h5-9,14-15,26H,10-12H2,1-4H3,(H,27,29)(H,28,31). The molecule has 1 aromatic heterocycles. The van der Waals surface area contributed by atoms with Gasteiger partial charge < -0.3 is 25.6 Å². The number of nitrogens with zero attached hydrogens (tertiary/aromatic N) is 2. The average molecular weight is 484 g/mol. The smallest absolute Gasteiger partial charge is 0.407 e. The van der Waals surface area contributed by atoms with Crippen LogP contribution in [0, 0.1) is 5.95 Å². The van der Waals surface area contributed by atoms with Crippen molar-refractivity contribution in [3.05, 3.63) is 46.3 Å². The molecular weight excluding hydrogens is 456 g/mol. The van der Waals surface area contributed by atoms with Crippen LogP contribution >= 0.6 is 23.2 Å². The van der Waals surface area contributed by atoms with Gasteiger partial charge in [-0.05, 0) is 46.4 Å². The minimum Gasteiger partial charge on any atom is -0.444 e. The molecule has 3 N–H and O–H groups in total. The number of pyridine rings is 1. The normalized spacial score (nSPS) is 18.9. The highest BCUT2D eigenvalue weighted by Gasteiger charge is 2.32. The van der Waals surface area contributed by atoms with Gasteiger partial charge in [0.05, 0.1) is 11.7 Å². The Labute approximate surface area is 197 Å². The zero-order valence-electron chi connectivity index (χ0n) is 18.5. The van der Waals surface area contributed by atoms with Crippen molar-refractivity contribution in [1.29, 1.82) is 0 Å². The molecule has 0 spiro atoms. The van der Waals surface area contributed by atoms with Gasteiger partial charge in [0.2, 0.25) is 5.95 Å². The molecule has 3 rings (SSSR count). The summed E-state index contributed by atoms with van der Waals surface area (Å²) in [5, 5.41) is 9.19. The Balaban J connectivity index is 1.88. The second kappa shape index (κ2) is 10.1. The first-order valence-corrected chi connectivity index (χ1v) is 11.1. The number of benzene rings is 1. The van der Waals surface area contributed by atoms with Gasteiger partial charge in [0.15, 0.2) is 5.82 Å². The number of amides is 1. The predicted molar refractivity (Wildman–Crippen MR) is 127 cm³/mol. The molecule has 0 aliphatic carbocycles. The predicted octanol–water partition coefficient (Wildman–Crippen LogP) is 4.96. The molecule has 0 bridgehead atoms. The number of halogens is 3. The second-order valence-corrected chi connectivity index (χ2v) is 9.44. The maximum absolute atomic E-state index is 14.7. The second-order valence-electron chi connectivity index (χ2n) is 8.69. The first kappa shape index (κ1) is 24.4. The van der Waals surface area contributed by atoms with Crippen LogP contribution in [0.2, 0.25) is 10.0 Å². The van der Waals surface area contributed by atoms with E-state index >= 15 is 0 Å². The first-order valence-electron chi connectivity index (χ1n) is 10.4. The van der Waals surface area contributed by atoms with Crippen molar-refractivity contribution < 1.29 is 13.9 Å². The van der Waals surface area contributed by atoms with E-state index in [-0.39, 0.29) is 27.9 Å². The zero-order chi connectivity index (χ0) is 23.5. The van der Waals surface area contributed by atoms with Gasteiger partial charge in [-0.2, -0.15) is 9.37 Å². The van der Waals surface area contributed by atoms with Gasteiger partial charge in [-0.1, -0.05) is 41.4 Å². The number of aromatic nitrogens is 1. The number of carbonyl (C=O) groups excluding carboxylic acids is 1. The van der Waals surface area contributed by atoms with Crippen molar-refractivity contribution in [2.45, 2.75) is 44.9 Å². The Bertz CT molecular complexity index is 956. The van der Waals surface area contributed by atoms with E-state index < -0.39 is 17.6 Å². The number of likely N-dealkylation sites (N-methyl/N-ethyl adjacent to an activating group) is 1. The lowest BCUT2D eigenvalue weighted by Crippen LogP contribution is -2.56. The number of para-hydroxylation sites is 1. The van der Waals surface area contributed by atoms with E-state index in [1.807, 2.05) is 42.3 Å². The van der Waals surface area contributed by atoms with E-state index in [1.165, 1.54) is 0 Å². The minimum absolute atomic E-state index is 0.0116. The van der Waals surface area contributed by atoms with Crippen molar-refractivity contribution in [1.82, 2.24) is 15.6 Å². The number of carbonyl (C=O) groups is 1. The number of ether oxygens (including phenoxy) is 1. The molecule has 1 aliphatic rings. The van der Waals surface area contributed by atoms with E-state index in [4.69, 9.17) is 27.9 Å². The zero-order valence-corrected chi connectivity index (χ0v) is 20.0. The highest BCUT2D eigenvalue weighted by Crippen LogP contribution is 2.41. The fraction of sp³-hybridized carbons (Fsp3) is 0.455. The van der Waals surface area contributed by atoms with E-state index in [0.717, 1.165) is 0 Å². The fourth-order valence-electron chi connectivity index (χ4n) is 3.59. The van der Waals surface area contributed by atoms with E-state index in [2.05, 4.69) is 20.9 Å². The minimum atomic E-state index is -0.826. The largest absolute Gasteiger partial charge is 0.444 e. The number of hydrogen-bond acceptors (Lipinski definition) is 6. The van der Waals surface area contributed by atoms with E-state index in [9.17, 15) is 9.18 Å². The summed E-state index contributed by atoms with van der Waals surface area (Å²) in [5.41, 5.74) is 0.431. The molecule has 1 aliphatic heterocycles. The molecule has 1 fully saturated rings. The summed E-state index contributed by atoms with van der Waals surface area (Å²) in [5.74, 6) is -0.661. The molecule has 1 aromatic carbocycles. The molecule has 10 heteroatoms. The summed E-state index contributed by atoms with van der Waals surface area (Å²) in [6.45, 7) is 6.31. The maximum atomic E-state index is 14.7. The van der Waals surface area contributed by atoms with Gasteiger partial charge >= 0.3 is 6.09 Å². The summed E-state index contributed by atoms with van der Waals surface area (Å²) in [6.07, 6.45) is 0.160. The summed E-state index contributed by atoms with van der Waals surface area (Å²) in [7, 11) is 1.83. The number of rotatable bonds is 5. The van der Waals surface area contributed by atoms with E-state index in [1.54, 1.807) is 20.8 Å². The van der Waals surface area contributed by atoms with Crippen LogP contribution in [-0.4, -0.2) is 48.9 Å². The lowest BCUT2D eigenvalue weighted by molar-refractivity contribution is 0.0497. The molecule has 2 heterocycles. The van der Waals surface area contributed by atoms with Crippen molar-refractivity contribution in [3.63, 3.8) is 0 Å². The van der Waals surface area contributed by atoms with Gasteiger partial charge in [-0.3, -0.25) is 0 Å². The number of piperidine rings is 1. The molecule has 2 unspecified atom stereocenters. The average Bonchev–Trinajstić information content (AvgIpc) is 2.71. The van der Waals surface area contributed by atoms with E-state index in [0.29, 0.717) is 30.9 Å². The molecule has 1 saturated heterocycles. The summed E-state index contributed by atoms with van der Waals surface area (Å²) >= 11 is 13.0. The third-order valence-corrected chi connectivity index (χ3v) is 5.64. The lowest BCUT2D eigenvalue weighted by Gasteiger charge is -2.40. The van der Waals surface area contributed by atoms with Crippen LogP contribution < -0.4 is 20.9 Å². The summed E-state index contributed by atoms with van der Waals surface area (Å²) in [6, 6.07) is 8.96. The van der Waals surface area contributed by atoms with Crippen molar-refractivity contribution in [3.8, 4) is 0 Å². The van der Waals surface area contributed by atoms with Crippen molar-refractivity contribution in [2.75, 3.05) is 30.4 Å². The molecule has 2 aromatic rings. The number of nitrogens with one attached hydrogen (secondary N) is 3. The van der Waals surface area contributed by atoms with Crippen LogP contribution in [0.3, 0.4) is 0 Å². The first-order chi connectivity index (χ1) is 15.1. The Morgan fingerprint density at radius 2 is 1.81 bits per heavy atom. The SMILES string of the molecule is CNC1CC(NC(=O)OC(C)(C)C)CN(c2c(Cl)c(F)nc(Nc3ccccc3)c2Cl)C1. The van der Waals surface area contributed by atoms with Crippen LogP contribution in [0.4, 0.5) is 26.4 Å². The van der Waals surface area contributed by atoms with Crippen molar-refractivity contribution >= 4 is 46.5 Å². The molecule has 32 heavy (non-hydrogen) atoms. The summed E-state index contributed by atoms with van der Waals surface area (Å²) in [4.78, 5) is 18.1. The third kappa shape index (κ3) is 6.15. The molecule has 174 valence electrons. The monoisotopic (exact) mass is 483 g/mol. The molecule has 0 radical (unpaired) electrons. The number of anilines is 3. The Kier molecular flexibility index (Phi) is 7.69. The lowest BCUT2D eigenvalue weighted by atomic mass is 10.0. The Morgan fingerprint density at radius 1 is 1.16 bits per heavy atom. The molecule has 1 amide bonds. The van der Waals surface area contributed by atoms with Crippen LogP contribution in [0.1, 0.15) is 27.2 Å². The van der Waals surface area contributed by atoms with Crippen LogP contribution in [0.15, 0.2) is 30.3 Å². The van der Waals surface area contributed by atoms with Crippen LogP contribution in [0.25, 0.3) is 0 Å². The van der Waals surface area contributed by atoms with Crippen molar-refractivity contribution in [2.24, 2.45) is 0 Å². The molecule has 7 nitrogen and oxygen atoms in total. The van der Waals surface area contributed by atoms with Gasteiger partial charge in [0, 0.05) is 24.8 Å². The molecular formula is C22H28Cl2FN5O2. The van der Waals surface area contributed by atoms with Gasteiger partial charge in [0.1, 0.15) is 15.6 Å². The van der Waals surface area contributed by atoms with Crippen LogP contribution in [0.5, 0.6) is 0 Å². The quantitative estimate of drug-likeness (QED) is 0.521. The Morgan fingerprint density at radius 3 is 2.44 bits per heavy atom. The number of hydrogen-bond donors (Lipinski definition) is 3. The topological polar surface area (TPSA) is 78.5 Å². The summed E-state index contributed by atoms with van der Waals surface area (Å²) < 4.78 is 20.1. The van der Waals surface area contributed by atoms with Gasteiger partial charge in [-0.25, -0.2) is 4.79 Å². The molecule has 0 saturated carbocycles. The maximum Gasteiger partial charge on any atom is 0.407 e. The van der Waals surface area contributed by atoms with Crippen LogP contribution in [-0.2, 0) is 4.74 Å². The van der Waals surface area contributed by atoms with Gasteiger partial charge in [-0.15, -0.1) is 0 Å². The Hall–Kier alpha value is -2.29. The molecule has 2 atom stereocenters. The third-order valence-electron chi connectivity index (χ3n) is 4.95.